The molecule has 0 bridgehead atoms. The van der Waals surface area contributed by atoms with Crippen molar-refractivity contribution in [2.75, 3.05) is 5.32 Å². The van der Waals surface area contributed by atoms with Crippen molar-refractivity contribution in [3.05, 3.63) is 89.4 Å². The molecule has 0 unspecified atom stereocenters. The fraction of sp³-hybridized carbons (Fsp3) is 0.231. The van der Waals surface area contributed by atoms with Crippen LogP contribution < -0.4 is 16.4 Å². The van der Waals surface area contributed by atoms with Crippen molar-refractivity contribution < 1.29 is 9.18 Å². The molecule has 0 aliphatic rings. The Labute approximate surface area is 192 Å². The van der Waals surface area contributed by atoms with Gasteiger partial charge in [0.2, 0.25) is 0 Å². The molecule has 0 fully saturated rings. The second-order valence-corrected chi connectivity index (χ2v) is 9.04. The minimum Gasteiger partial charge on any atom is -0.365 e. The number of carbonyl (C=O) groups is 1. The Bertz CT molecular complexity index is 1290. The number of hydrogen-bond donors (Lipinski definition) is 3. The highest BCUT2D eigenvalue weighted by atomic mass is 19.1. The molecule has 33 heavy (non-hydrogen) atoms. The van der Waals surface area contributed by atoms with Gasteiger partial charge in [0.05, 0.1) is 0 Å². The molecule has 170 valence electrons. The van der Waals surface area contributed by atoms with Gasteiger partial charge < -0.3 is 16.4 Å². The number of fused-ring (bicyclic) bond motifs is 1. The molecule has 0 radical (unpaired) electrons. The van der Waals surface area contributed by atoms with Gasteiger partial charge >= 0.3 is 0 Å². The molecule has 0 spiro atoms. The summed E-state index contributed by atoms with van der Waals surface area (Å²) in [5.74, 6) is 0.297. The molecule has 0 aliphatic carbocycles. The first kappa shape index (κ1) is 22.5. The first-order valence-electron chi connectivity index (χ1n) is 10.9. The van der Waals surface area contributed by atoms with Gasteiger partial charge in [0.25, 0.3) is 5.91 Å². The lowest BCUT2D eigenvalue weighted by atomic mass is 10.1. The van der Waals surface area contributed by atoms with Gasteiger partial charge in [-0.25, -0.2) is 9.37 Å². The largest absolute Gasteiger partial charge is 0.365 e. The quantitative estimate of drug-likeness (QED) is 0.400. The summed E-state index contributed by atoms with van der Waals surface area (Å²) < 4.78 is 15.4. The number of rotatable bonds is 6. The first-order chi connectivity index (χ1) is 15.7. The number of nitrogens with one attached hydrogen (secondary N) is 2. The summed E-state index contributed by atoms with van der Waals surface area (Å²) in [5, 5.41) is 6.44. The molecule has 7 heteroatoms. The number of pyridine rings is 1. The van der Waals surface area contributed by atoms with E-state index in [1.165, 1.54) is 12.1 Å². The number of halogens is 1. The highest BCUT2D eigenvalue weighted by Crippen LogP contribution is 2.31. The van der Waals surface area contributed by atoms with E-state index in [0.717, 1.165) is 22.5 Å². The van der Waals surface area contributed by atoms with E-state index in [-0.39, 0.29) is 17.3 Å². The number of nitrogens with two attached hydrogens (primary N) is 1. The van der Waals surface area contributed by atoms with Crippen molar-refractivity contribution in [1.82, 2.24) is 14.7 Å². The molecule has 0 saturated heterocycles. The molecule has 4 aromatic rings. The summed E-state index contributed by atoms with van der Waals surface area (Å²) in [4.78, 5) is 17.6. The van der Waals surface area contributed by atoms with E-state index in [1.807, 2.05) is 34.9 Å². The van der Waals surface area contributed by atoms with Gasteiger partial charge in [-0.1, -0.05) is 24.3 Å². The average molecular weight is 446 g/mol. The Morgan fingerprint density at radius 3 is 2.48 bits per heavy atom. The maximum atomic E-state index is 13.5. The lowest BCUT2D eigenvalue weighted by Gasteiger charge is -2.22. The zero-order valence-electron chi connectivity index (χ0n) is 19.0. The van der Waals surface area contributed by atoms with Crippen LogP contribution in [0.15, 0.2) is 66.9 Å². The van der Waals surface area contributed by atoms with Crippen molar-refractivity contribution in [1.29, 1.82) is 0 Å². The third-order valence-corrected chi connectivity index (χ3v) is 5.18. The molecule has 0 saturated carbocycles. The molecule has 6 nitrogen and oxygen atoms in total. The zero-order valence-corrected chi connectivity index (χ0v) is 19.0. The van der Waals surface area contributed by atoms with E-state index in [0.29, 0.717) is 30.0 Å². The summed E-state index contributed by atoms with van der Waals surface area (Å²) in [6.07, 6.45) is 1.83. The number of hydrogen-bond acceptors (Lipinski definition) is 4. The standard InChI is InChI=1S/C26H28FN5O/c1-26(2,3)31-24-23(19-7-9-21(27)10-8-19)30-22-14-20(11-12-32(22)24)25(33)29-16-18-6-4-5-17(13-18)15-28/h4-14,31H,15-16,28H2,1-3H3,(H,29,33). The van der Waals surface area contributed by atoms with Crippen LogP contribution in [-0.2, 0) is 13.1 Å². The smallest absolute Gasteiger partial charge is 0.251 e. The number of carbonyl (C=O) groups excluding carboxylic acids is 1. The van der Waals surface area contributed by atoms with Crippen molar-refractivity contribution in [2.45, 2.75) is 39.4 Å². The minimum atomic E-state index is -0.302. The average Bonchev–Trinajstić information content (AvgIpc) is 3.14. The van der Waals surface area contributed by atoms with Crippen LogP contribution in [-0.4, -0.2) is 20.8 Å². The van der Waals surface area contributed by atoms with Crippen molar-refractivity contribution in [3.8, 4) is 11.3 Å². The number of amides is 1. The number of nitrogens with zero attached hydrogens (tertiary/aromatic N) is 2. The van der Waals surface area contributed by atoms with Gasteiger partial charge in [-0.3, -0.25) is 9.20 Å². The molecule has 2 aromatic heterocycles. The second kappa shape index (κ2) is 9.03. The van der Waals surface area contributed by atoms with Crippen molar-refractivity contribution in [3.63, 3.8) is 0 Å². The number of imidazole rings is 1. The van der Waals surface area contributed by atoms with Crippen LogP contribution in [0.25, 0.3) is 16.9 Å². The van der Waals surface area contributed by atoms with Crippen molar-refractivity contribution in [2.24, 2.45) is 5.73 Å². The van der Waals surface area contributed by atoms with Gasteiger partial charge in [0.15, 0.2) is 0 Å². The van der Waals surface area contributed by atoms with Gasteiger partial charge in [0.1, 0.15) is 23.0 Å². The molecule has 1 amide bonds. The summed E-state index contributed by atoms with van der Waals surface area (Å²) in [6.45, 7) is 7.04. The predicted octanol–water partition coefficient (Wildman–Crippen LogP) is 4.74. The van der Waals surface area contributed by atoms with E-state index in [1.54, 1.807) is 24.3 Å². The third-order valence-electron chi connectivity index (χ3n) is 5.18. The lowest BCUT2D eigenvalue weighted by molar-refractivity contribution is 0.0951. The molecular formula is C26H28FN5O. The summed E-state index contributed by atoms with van der Waals surface area (Å²) in [6, 6.07) is 17.6. The number of benzene rings is 2. The Hall–Kier alpha value is -3.71. The van der Waals surface area contributed by atoms with E-state index in [2.05, 4.69) is 31.4 Å². The van der Waals surface area contributed by atoms with Crippen LogP contribution in [0.2, 0.25) is 0 Å². The van der Waals surface area contributed by atoms with Crippen LogP contribution >= 0.6 is 0 Å². The molecule has 4 N–H and O–H groups in total. The van der Waals surface area contributed by atoms with Crippen LogP contribution in [0.4, 0.5) is 10.2 Å². The van der Waals surface area contributed by atoms with Gasteiger partial charge in [-0.2, -0.15) is 0 Å². The number of aromatic nitrogens is 2. The normalized spacial score (nSPS) is 11.5. The summed E-state index contributed by atoms with van der Waals surface area (Å²) >= 11 is 0. The SMILES string of the molecule is CC(C)(C)Nc1c(-c2ccc(F)cc2)nc2cc(C(=O)NCc3cccc(CN)c3)ccn12. The predicted molar refractivity (Wildman–Crippen MR) is 129 cm³/mol. The maximum Gasteiger partial charge on any atom is 0.251 e. The van der Waals surface area contributed by atoms with Crippen LogP contribution in [0.5, 0.6) is 0 Å². The topological polar surface area (TPSA) is 84.5 Å². The third kappa shape index (κ3) is 5.21. The first-order valence-corrected chi connectivity index (χ1v) is 10.9. The van der Waals surface area contributed by atoms with E-state index >= 15 is 0 Å². The molecule has 2 heterocycles. The molecule has 0 aliphatic heterocycles. The van der Waals surface area contributed by atoms with Gasteiger partial charge in [0, 0.05) is 36.0 Å². The fourth-order valence-corrected chi connectivity index (χ4v) is 3.62. The van der Waals surface area contributed by atoms with E-state index in [4.69, 9.17) is 10.7 Å². The van der Waals surface area contributed by atoms with E-state index in [9.17, 15) is 9.18 Å². The Balaban J connectivity index is 1.65. The van der Waals surface area contributed by atoms with Gasteiger partial charge in [-0.15, -0.1) is 0 Å². The lowest BCUT2D eigenvalue weighted by Crippen LogP contribution is -2.27. The van der Waals surface area contributed by atoms with Gasteiger partial charge in [-0.05, 0) is 68.3 Å². The van der Waals surface area contributed by atoms with Crippen molar-refractivity contribution >= 4 is 17.4 Å². The molecular weight excluding hydrogens is 417 g/mol. The fourth-order valence-electron chi connectivity index (χ4n) is 3.62. The van der Waals surface area contributed by atoms with Crippen LogP contribution in [0.3, 0.4) is 0 Å². The highest BCUT2D eigenvalue weighted by Gasteiger charge is 2.20. The van der Waals surface area contributed by atoms with Crippen LogP contribution in [0.1, 0.15) is 42.3 Å². The Kier molecular flexibility index (Phi) is 6.16. The van der Waals surface area contributed by atoms with E-state index < -0.39 is 0 Å². The monoisotopic (exact) mass is 445 g/mol. The number of anilines is 1. The second-order valence-electron chi connectivity index (χ2n) is 9.04. The highest BCUT2D eigenvalue weighted by molar-refractivity contribution is 5.95. The molecule has 0 atom stereocenters. The zero-order chi connectivity index (χ0) is 23.6. The Morgan fingerprint density at radius 1 is 1.06 bits per heavy atom. The minimum absolute atomic E-state index is 0.188. The molecule has 2 aromatic carbocycles. The summed E-state index contributed by atoms with van der Waals surface area (Å²) in [7, 11) is 0. The summed E-state index contributed by atoms with van der Waals surface area (Å²) in [5.41, 5.74) is 10.1. The molecule has 4 rings (SSSR count). The maximum absolute atomic E-state index is 13.5. The Morgan fingerprint density at radius 2 is 1.79 bits per heavy atom. The van der Waals surface area contributed by atoms with Crippen LogP contribution in [0, 0.1) is 5.82 Å².